The van der Waals surface area contributed by atoms with Gasteiger partial charge < -0.3 is 10.4 Å². The fourth-order valence-electron chi connectivity index (χ4n) is 1.90. The molecule has 1 aromatic carbocycles. The second-order valence-corrected chi connectivity index (χ2v) is 4.79. The van der Waals surface area contributed by atoms with Crippen molar-refractivity contribution in [3.05, 3.63) is 39.7 Å². The lowest BCUT2D eigenvalue weighted by Crippen LogP contribution is -2.26. The summed E-state index contributed by atoms with van der Waals surface area (Å²) in [6, 6.07) is 3.42. The van der Waals surface area contributed by atoms with E-state index in [1.807, 2.05) is 0 Å². The summed E-state index contributed by atoms with van der Waals surface area (Å²) in [7, 11) is 0. The molecule has 6 heteroatoms. The number of benzene rings is 1. The van der Waals surface area contributed by atoms with Gasteiger partial charge >= 0.3 is 0 Å². The summed E-state index contributed by atoms with van der Waals surface area (Å²) in [4.78, 5) is 10.3. The highest BCUT2D eigenvalue weighted by Crippen LogP contribution is 2.44. The van der Waals surface area contributed by atoms with Crippen LogP contribution in [0.3, 0.4) is 0 Å². The van der Waals surface area contributed by atoms with Gasteiger partial charge in [-0.3, -0.25) is 10.1 Å². The van der Waals surface area contributed by atoms with Crippen molar-refractivity contribution in [2.24, 2.45) is 5.41 Å². The summed E-state index contributed by atoms with van der Waals surface area (Å²) in [6.45, 7) is 0.943. The molecule has 0 spiro atoms. The van der Waals surface area contributed by atoms with E-state index in [9.17, 15) is 14.5 Å². The van der Waals surface area contributed by atoms with Crippen molar-refractivity contribution >= 4 is 5.69 Å². The fraction of sp³-hybridized carbons (Fsp3) is 0.500. The number of hydrogen-bond acceptors (Lipinski definition) is 4. The monoisotopic (exact) mass is 254 g/mol. The van der Waals surface area contributed by atoms with Gasteiger partial charge in [-0.15, -0.1) is 0 Å². The van der Waals surface area contributed by atoms with Crippen LogP contribution >= 0.6 is 0 Å². The van der Waals surface area contributed by atoms with Crippen LogP contribution in [0.15, 0.2) is 18.2 Å². The van der Waals surface area contributed by atoms with Crippen LogP contribution in [0, 0.1) is 21.3 Å². The summed E-state index contributed by atoms with van der Waals surface area (Å²) >= 11 is 0. The van der Waals surface area contributed by atoms with Crippen molar-refractivity contribution < 1.29 is 14.4 Å². The van der Waals surface area contributed by atoms with E-state index >= 15 is 0 Å². The van der Waals surface area contributed by atoms with E-state index in [2.05, 4.69) is 5.32 Å². The predicted molar refractivity (Wildman–Crippen MR) is 63.5 cm³/mol. The van der Waals surface area contributed by atoms with Gasteiger partial charge in [0, 0.05) is 36.7 Å². The zero-order chi connectivity index (χ0) is 13.2. The zero-order valence-electron chi connectivity index (χ0n) is 9.86. The number of aliphatic hydroxyl groups excluding tert-OH is 1. The smallest absolute Gasteiger partial charge is 0.274 e. The minimum absolute atomic E-state index is 0.0674. The van der Waals surface area contributed by atoms with Crippen LogP contribution < -0.4 is 5.32 Å². The highest BCUT2D eigenvalue weighted by Gasteiger charge is 2.41. The highest BCUT2D eigenvalue weighted by atomic mass is 19.1. The van der Waals surface area contributed by atoms with Crippen LogP contribution in [-0.4, -0.2) is 23.2 Å². The molecule has 0 bridgehead atoms. The molecular formula is C12H15FN2O3. The Morgan fingerprint density at radius 2 is 2.22 bits per heavy atom. The molecule has 1 aliphatic rings. The minimum atomic E-state index is -0.518. The van der Waals surface area contributed by atoms with Crippen molar-refractivity contribution in [3.8, 4) is 0 Å². The molecule has 0 aromatic heterocycles. The maximum atomic E-state index is 13.1. The molecule has 1 aliphatic carbocycles. The Balaban J connectivity index is 1.99. The highest BCUT2D eigenvalue weighted by molar-refractivity contribution is 5.40. The first kappa shape index (κ1) is 12.9. The second-order valence-electron chi connectivity index (χ2n) is 4.79. The van der Waals surface area contributed by atoms with E-state index in [1.54, 1.807) is 0 Å². The van der Waals surface area contributed by atoms with Gasteiger partial charge in [0.05, 0.1) is 4.92 Å². The number of nitrogens with zero attached hydrogens (tertiary/aromatic N) is 1. The van der Waals surface area contributed by atoms with E-state index in [1.165, 1.54) is 12.1 Å². The molecule has 98 valence electrons. The quantitative estimate of drug-likeness (QED) is 0.597. The third-order valence-electron chi connectivity index (χ3n) is 3.35. The maximum absolute atomic E-state index is 13.1. The summed E-state index contributed by atoms with van der Waals surface area (Å²) in [5, 5.41) is 23.0. The summed E-state index contributed by atoms with van der Waals surface area (Å²) in [6.07, 6.45) is 1.92. The SMILES string of the molecule is O=[N+]([O-])c1ccc(F)cc1CNCC1(CO)CC1. The Morgan fingerprint density at radius 1 is 1.50 bits per heavy atom. The lowest BCUT2D eigenvalue weighted by Gasteiger charge is -2.12. The molecule has 0 atom stereocenters. The van der Waals surface area contributed by atoms with E-state index in [0.717, 1.165) is 18.9 Å². The number of aliphatic hydroxyl groups is 1. The van der Waals surface area contributed by atoms with Crippen LogP contribution in [0.4, 0.5) is 10.1 Å². The van der Waals surface area contributed by atoms with Crippen LogP contribution in [0.1, 0.15) is 18.4 Å². The lowest BCUT2D eigenvalue weighted by molar-refractivity contribution is -0.385. The van der Waals surface area contributed by atoms with E-state index in [-0.39, 0.29) is 24.3 Å². The predicted octanol–water partition coefficient (Wildman–Crippen LogP) is 1.60. The molecule has 1 saturated carbocycles. The Morgan fingerprint density at radius 3 is 2.78 bits per heavy atom. The molecule has 2 rings (SSSR count). The number of halogens is 1. The van der Waals surface area contributed by atoms with Gasteiger partial charge in [0.15, 0.2) is 0 Å². The molecule has 0 aliphatic heterocycles. The summed E-state index contributed by atoms with van der Waals surface area (Å²) in [5.74, 6) is -0.485. The van der Waals surface area contributed by atoms with Crippen LogP contribution in [0.25, 0.3) is 0 Å². The molecule has 0 heterocycles. The number of hydrogen-bond donors (Lipinski definition) is 2. The molecule has 0 radical (unpaired) electrons. The van der Waals surface area contributed by atoms with Crippen LogP contribution in [-0.2, 0) is 6.54 Å². The van der Waals surface area contributed by atoms with Gasteiger partial charge in [0.1, 0.15) is 5.82 Å². The Bertz CT molecular complexity index is 461. The van der Waals surface area contributed by atoms with Gasteiger partial charge in [-0.05, 0) is 25.0 Å². The Hall–Kier alpha value is -1.53. The topological polar surface area (TPSA) is 75.4 Å². The van der Waals surface area contributed by atoms with Crippen LogP contribution in [0.2, 0.25) is 0 Å². The Labute approximate surface area is 104 Å². The first-order valence-corrected chi connectivity index (χ1v) is 5.81. The molecule has 0 unspecified atom stereocenters. The van der Waals surface area contributed by atoms with Gasteiger partial charge in [0.2, 0.25) is 0 Å². The van der Waals surface area contributed by atoms with Crippen molar-refractivity contribution in [2.45, 2.75) is 19.4 Å². The molecule has 0 saturated heterocycles. The average molecular weight is 254 g/mol. The first-order chi connectivity index (χ1) is 8.56. The number of nitro groups is 1. The minimum Gasteiger partial charge on any atom is -0.396 e. The van der Waals surface area contributed by atoms with Crippen molar-refractivity contribution in [1.82, 2.24) is 5.32 Å². The zero-order valence-corrected chi connectivity index (χ0v) is 9.86. The van der Waals surface area contributed by atoms with Crippen molar-refractivity contribution in [1.29, 1.82) is 0 Å². The van der Waals surface area contributed by atoms with Gasteiger partial charge in [0.25, 0.3) is 5.69 Å². The van der Waals surface area contributed by atoms with Crippen molar-refractivity contribution in [2.75, 3.05) is 13.2 Å². The molecule has 0 amide bonds. The molecular weight excluding hydrogens is 239 g/mol. The van der Waals surface area contributed by atoms with E-state index in [0.29, 0.717) is 12.1 Å². The van der Waals surface area contributed by atoms with Gasteiger partial charge in [-0.1, -0.05) is 0 Å². The molecule has 18 heavy (non-hydrogen) atoms. The largest absolute Gasteiger partial charge is 0.396 e. The second kappa shape index (κ2) is 4.99. The third kappa shape index (κ3) is 2.83. The molecule has 1 fully saturated rings. The van der Waals surface area contributed by atoms with E-state index < -0.39 is 10.7 Å². The summed E-state index contributed by atoms with van der Waals surface area (Å²) in [5.41, 5.74) is 0.175. The molecule has 1 aromatic rings. The lowest BCUT2D eigenvalue weighted by atomic mass is 10.1. The normalized spacial score (nSPS) is 16.6. The third-order valence-corrected chi connectivity index (χ3v) is 3.35. The Kier molecular flexibility index (Phi) is 3.58. The number of rotatable bonds is 6. The van der Waals surface area contributed by atoms with Gasteiger partial charge in [-0.25, -0.2) is 4.39 Å². The first-order valence-electron chi connectivity index (χ1n) is 5.81. The van der Waals surface area contributed by atoms with E-state index in [4.69, 9.17) is 5.11 Å². The number of nitro benzene ring substituents is 1. The average Bonchev–Trinajstić information content (AvgIpc) is 3.09. The molecule has 5 nitrogen and oxygen atoms in total. The molecule has 2 N–H and O–H groups in total. The van der Waals surface area contributed by atoms with Gasteiger partial charge in [-0.2, -0.15) is 0 Å². The standard InChI is InChI=1S/C12H15FN2O3/c13-10-1-2-11(15(17)18)9(5-10)6-14-7-12(8-16)3-4-12/h1-2,5,14,16H,3-4,6-8H2. The number of nitrogens with one attached hydrogen (secondary N) is 1. The van der Waals surface area contributed by atoms with Crippen LogP contribution in [0.5, 0.6) is 0 Å². The maximum Gasteiger partial charge on any atom is 0.274 e. The fourth-order valence-corrected chi connectivity index (χ4v) is 1.90. The van der Waals surface area contributed by atoms with Crippen molar-refractivity contribution in [3.63, 3.8) is 0 Å². The summed E-state index contributed by atoms with van der Waals surface area (Å²) < 4.78 is 13.1.